The van der Waals surface area contributed by atoms with Crippen molar-refractivity contribution < 1.29 is 23.9 Å². The first kappa shape index (κ1) is 18.4. The first-order chi connectivity index (χ1) is 13.1. The van der Waals surface area contributed by atoms with Gasteiger partial charge in [0.25, 0.3) is 0 Å². The molecule has 2 aromatic rings. The van der Waals surface area contributed by atoms with Crippen molar-refractivity contribution in [3.05, 3.63) is 54.1 Å². The van der Waals surface area contributed by atoms with Crippen molar-refractivity contribution in [1.82, 2.24) is 0 Å². The molecule has 2 aromatic carbocycles. The van der Waals surface area contributed by atoms with E-state index in [1.54, 1.807) is 49.4 Å². The van der Waals surface area contributed by atoms with E-state index in [9.17, 15) is 14.4 Å². The summed E-state index contributed by atoms with van der Waals surface area (Å²) in [5.41, 5.74) is 1.54. The fourth-order valence-electron chi connectivity index (χ4n) is 2.69. The molecular formula is C20H20N2O5. The van der Waals surface area contributed by atoms with Crippen LogP contribution in [-0.2, 0) is 14.3 Å². The molecular weight excluding hydrogens is 348 g/mol. The standard InChI is InChI=1S/C20H20N2O5/c1-2-26-20(25)13-7-9-15(10-8-13)21-18(23)11-14-12-27-17-6-4-3-5-16(17)22-19(14)24/h3-10,14H,2,11-12H2,1H3,(H,21,23)(H,22,24)/t14-/m0/s1. The maximum Gasteiger partial charge on any atom is 0.338 e. The van der Waals surface area contributed by atoms with Gasteiger partial charge in [-0.1, -0.05) is 12.1 Å². The van der Waals surface area contributed by atoms with E-state index in [2.05, 4.69) is 10.6 Å². The summed E-state index contributed by atoms with van der Waals surface area (Å²) in [6.07, 6.45) is -0.0144. The molecule has 3 rings (SSSR count). The molecule has 7 heteroatoms. The Bertz CT molecular complexity index is 848. The second kappa shape index (κ2) is 8.35. The molecule has 0 aromatic heterocycles. The van der Waals surface area contributed by atoms with Crippen LogP contribution in [0, 0.1) is 5.92 Å². The summed E-state index contributed by atoms with van der Waals surface area (Å²) < 4.78 is 10.5. The number of benzene rings is 2. The van der Waals surface area contributed by atoms with E-state index < -0.39 is 11.9 Å². The highest BCUT2D eigenvalue weighted by Crippen LogP contribution is 2.28. The molecule has 7 nitrogen and oxygen atoms in total. The molecule has 0 spiro atoms. The minimum absolute atomic E-state index is 0.0144. The second-order valence-corrected chi connectivity index (χ2v) is 6.04. The number of hydrogen-bond donors (Lipinski definition) is 2. The fourth-order valence-corrected chi connectivity index (χ4v) is 2.69. The number of carbonyl (C=O) groups is 3. The van der Waals surface area contributed by atoms with Crippen LogP contribution in [0.2, 0.25) is 0 Å². The summed E-state index contributed by atoms with van der Waals surface area (Å²) >= 11 is 0. The Morgan fingerprint density at radius 1 is 1.19 bits per heavy atom. The van der Waals surface area contributed by atoms with Crippen molar-refractivity contribution in [2.45, 2.75) is 13.3 Å². The van der Waals surface area contributed by atoms with Crippen LogP contribution >= 0.6 is 0 Å². The minimum atomic E-state index is -0.601. The predicted octanol–water partition coefficient (Wildman–Crippen LogP) is 2.84. The minimum Gasteiger partial charge on any atom is -0.491 e. The number of ether oxygens (including phenoxy) is 2. The fraction of sp³-hybridized carbons (Fsp3) is 0.250. The van der Waals surface area contributed by atoms with Gasteiger partial charge in [-0.05, 0) is 43.3 Å². The van der Waals surface area contributed by atoms with Gasteiger partial charge in [-0.25, -0.2) is 4.79 Å². The van der Waals surface area contributed by atoms with E-state index in [0.717, 1.165) is 0 Å². The zero-order valence-corrected chi connectivity index (χ0v) is 14.9. The molecule has 0 bridgehead atoms. The van der Waals surface area contributed by atoms with Gasteiger partial charge in [-0.2, -0.15) is 0 Å². The first-order valence-electron chi connectivity index (χ1n) is 8.66. The van der Waals surface area contributed by atoms with Crippen LogP contribution in [0.5, 0.6) is 5.75 Å². The van der Waals surface area contributed by atoms with Gasteiger partial charge in [-0.3, -0.25) is 9.59 Å². The Labute approximate surface area is 156 Å². The van der Waals surface area contributed by atoms with Crippen molar-refractivity contribution in [3.8, 4) is 5.75 Å². The number of hydrogen-bond acceptors (Lipinski definition) is 5. The van der Waals surface area contributed by atoms with E-state index in [4.69, 9.17) is 9.47 Å². The molecule has 2 N–H and O–H groups in total. The Morgan fingerprint density at radius 2 is 1.93 bits per heavy atom. The Hall–Kier alpha value is -3.35. The summed E-state index contributed by atoms with van der Waals surface area (Å²) in [5, 5.41) is 5.50. The summed E-state index contributed by atoms with van der Waals surface area (Å²) in [5.74, 6) is -0.997. The lowest BCUT2D eigenvalue weighted by molar-refractivity contribution is -0.125. The lowest BCUT2D eigenvalue weighted by atomic mass is 10.1. The Balaban J connectivity index is 1.58. The van der Waals surface area contributed by atoms with Gasteiger partial charge in [0.2, 0.25) is 11.8 Å². The number of fused-ring (bicyclic) bond motifs is 1. The predicted molar refractivity (Wildman–Crippen MR) is 99.7 cm³/mol. The lowest BCUT2D eigenvalue weighted by Gasteiger charge is -2.13. The maximum atomic E-state index is 12.3. The maximum absolute atomic E-state index is 12.3. The molecule has 140 valence electrons. The van der Waals surface area contributed by atoms with Gasteiger partial charge in [0.1, 0.15) is 12.4 Å². The topological polar surface area (TPSA) is 93.7 Å². The van der Waals surface area contributed by atoms with Crippen LogP contribution in [0.25, 0.3) is 0 Å². The third-order valence-corrected chi connectivity index (χ3v) is 4.07. The van der Waals surface area contributed by atoms with Gasteiger partial charge in [-0.15, -0.1) is 0 Å². The molecule has 0 unspecified atom stereocenters. The number of amides is 2. The molecule has 1 aliphatic heterocycles. The van der Waals surface area contributed by atoms with Crippen LogP contribution in [0.15, 0.2) is 48.5 Å². The van der Waals surface area contributed by atoms with E-state index in [1.807, 2.05) is 6.07 Å². The molecule has 27 heavy (non-hydrogen) atoms. The van der Waals surface area contributed by atoms with Crippen LogP contribution in [-0.4, -0.2) is 31.0 Å². The molecule has 0 radical (unpaired) electrons. The van der Waals surface area contributed by atoms with E-state index in [-0.39, 0.29) is 24.8 Å². The van der Waals surface area contributed by atoms with E-state index in [1.165, 1.54) is 0 Å². The van der Waals surface area contributed by atoms with Crippen LogP contribution in [0.3, 0.4) is 0 Å². The van der Waals surface area contributed by atoms with Gasteiger partial charge < -0.3 is 20.1 Å². The summed E-state index contributed by atoms with van der Waals surface area (Å²) in [6.45, 7) is 2.16. The summed E-state index contributed by atoms with van der Waals surface area (Å²) in [4.78, 5) is 36.3. The highest BCUT2D eigenvalue weighted by atomic mass is 16.5. The molecule has 2 amide bonds. The number of anilines is 2. The summed E-state index contributed by atoms with van der Waals surface area (Å²) in [7, 11) is 0. The van der Waals surface area contributed by atoms with Gasteiger partial charge in [0.15, 0.2) is 0 Å². The van der Waals surface area contributed by atoms with Crippen molar-refractivity contribution in [1.29, 1.82) is 0 Å². The van der Waals surface area contributed by atoms with Gasteiger partial charge in [0, 0.05) is 12.1 Å². The molecule has 1 aliphatic rings. The van der Waals surface area contributed by atoms with E-state index in [0.29, 0.717) is 29.3 Å². The molecule has 0 aliphatic carbocycles. The van der Waals surface area contributed by atoms with Crippen molar-refractivity contribution in [2.24, 2.45) is 5.92 Å². The average molecular weight is 368 g/mol. The second-order valence-electron chi connectivity index (χ2n) is 6.04. The van der Waals surface area contributed by atoms with Crippen molar-refractivity contribution >= 4 is 29.2 Å². The SMILES string of the molecule is CCOC(=O)c1ccc(NC(=O)C[C@H]2COc3ccccc3NC2=O)cc1. The van der Waals surface area contributed by atoms with Crippen LogP contribution < -0.4 is 15.4 Å². The van der Waals surface area contributed by atoms with E-state index >= 15 is 0 Å². The number of rotatable bonds is 5. The molecule has 1 atom stereocenters. The van der Waals surface area contributed by atoms with Crippen molar-refractivity contribution in [3.63, 3.8) is 0 Å². The number of nitrogens with one attached hydrogen (secondary N) is 2. The average Bonchev–Trinajstić information content (AvgIpc) is 2.81. The zero-order chi connectivity index (χ0) is 19.2. The lowest BCUT2D eigenvalue weighted by Crippen LogP contribution is -2.29. The first-order valence-corrected chi connectivity index (χ1v) is 8.66. The monoisotopic (exact) mass is 368 g/mol. The molecule has 0 saturated heterocycles. The van der Waals surface area contributed by atoms with Gasteiger partial charge in [0.05, 0.1) is 23.8 Å². The Morgan fingerprint density at radius 3 is 2.67 bits per heavy atom. The number of esters is 1. The largest absolute Gasteiger partial charge is 0.491 e. The number of carbonyl (C=O) groups excluding carboxylic acids is 3. The third-order valence-electron chi connectivity index (χ3n) is 4.07. The smallest absolute Gasteiger partial charge is 0.338 e. The quantitative estimate of drug-likeness (QED) is 0.792. The molecule has 0 saturated carbocycles. The molecule has 1 heterocycles. The summed E-state index contributed by atoms with van der Waals surface area (Å²) in [6, 6.07) is 13.5. The third kappa shape index (κ3) is 4.63. The highest BCUT2D eigenvalue weighted by Gasteiger charge is 2.27. The number of para-hydroxylation sites is 2. The zero-order valence-electron chi connectivity index (χ0n) is 14.9. The molecule has 0 fully saturated rings. The highest BCUT2D eigenvalue weighted by molar-refractivity contribution is 5.99. The van der Waals surface area contributed by atoms with Crippen LogP contribution in [0.4, 0.5) is 11.4 Å². The Kier molecular flexibility index (Phi) is 5.71. The van der Waals surface area contributed by atoms with Crippen LogP contribution in [0.1, 0.15) is 23.7 Å². The van der Waals surface area contributed by atoms with Gasteiger partial charge >= 0.3 is 5.97 Å². The van der Waals surface area contributed by atoms with Crippen molar-refractivity contribution in [2.75, 3.05) is 23.8 Å². The normalized spacial score (nSPS) is 15.6.